The first kappa shape index (κ1) is 14.8. The maximum atomic E-state index is 12.7. The molecule has 0 radical (unpaired) electrons. The Hall–Kier alpha value is -1.21. The standard InChI is InChI=1S/C22H36ClN5O2/c23-15-6-7-20-18(14-15)25-22(30)28(20)16-8-12-26(13-9-16)10-3-11-27-19-5-2-1-4-17(19)24-21(27)29/h15-20H,1-14H2,(H,24,29)(H,25,30)/i3D2,10D2,11D2. The molecule has 0 bridgehead atoms. The summed E-state index contributed by atoms with van der Waals surface area (Å²) in [6.07, 6.45) is 3.36. The average Bonchev–Trinajstić information content (AvgIpc) is 3.33. The van der Waals surface area contributed by atoms with Gasteiger partial charge in [0.1, 0.15) is 0 Å². The largest absolute Gasteiger partial charge is 0.333 e. The quantitative estimate of drug-likeness (QED) is 0.642. The zero-order valence-corrected chi connectivity index (χ0v) is 18.0. The van der Waals surface area contributed by atoms with Gasteiger partial charge in [0.05, 0.1) is 24.2 Å². The second-order valence-corrected chi connectivity index (χ2v) is 9.90. The summed E-state index contributed by atoms with van der Waals surface area (Å²) in [5.74, 6) is 0. The highest BCUT2D eigenvalue weighted by Crippen LogP contribution is 2.34. The van der Waals surface area contributed by atoms with Crippen LogP contribution >= 0.6 is 11.6 Å². The van der Waals surface area contributed by atoms with Gasteiger partial charge in [-0.1, -0.05) is 12.8 Å². The van der Waals surface area contributed by atoms with E-state index in [9.17, 15) is 9.59 Å². The van der Waals surface area contributed by atoms with Crippen molar-refractivity contribution in [1.29, 1.82) is 0 Å². The van der Waals surface area contributed by atoms with Crippen LogP contribution in [0.1, 0.15) is 72.4 Å². The summed E-state index contributed by atoms with van der Waals surface area (Å²) in [4.78, 5) is 29.6. The third-order valence-corrected chi connectivity index (χ3v) is 7.88. The number of fused-ring (bicyclic) bond motifs is 2. The molecule has 3 saturated heterocycles. The summed E-state index contributed by atoms with van der Waals surface area (Å²) in [5, 5.41) is 5.87. The molecule has 0 aromatic carbocycles. The van der Waals surface area contributed by atoms with Gasteiger partial charge in [-0.15, -0.1) is 11.6 Å². The number of alkyl halides is 1. The van der Waals surface area contributed by atoms with Crippen LogP contribution < -0.4 is 10.6 Å². The van der Waals surface area contributed by atoms with E-state index in [2.05, 4.69) is 10.6 Å². The predicted molar refractivity (Wildman–Crippen MR) is 117 cm³/mol. The van der Waals surface area contributed by atoms with Crippen LogP contribution in [0.4, 0.5) is 9.59 Å². The van der Waals surface area contributed by atoms with Crippen molar-refractivity contribution in [2.75, 3.05) is 26.1 Å². The molecule has 5 atom stereocenters. The van der Waals surface area contributed by atoms with Crippen molar-refractivity contribution in [3.63, 3.8) is 0 Å². The number of amides is 4. The molecule has 0 aromatic heterocycles. The fourth-order valence-electron chi connectivity index (χ4n) is 5.93. The first-order valence-corrected chi connectivity index (χ1v) is 11.9. The zero-order valence-electron chi connectivity index (χ0n) is 23.3. The minimum atomic E-state index is -2.99. The van der Waals surface area contributed by atoms with Crippen LogP contribution in [0.3, 0.4) is 0 Å². The van der Waals surface area contributed by atoms with Crippen LogP contribution in [-0.4, -0.2) is 88.4 Å². The fourth-order valence-corrected chi connectivity index (χ4v) is 6.25. The van der Waals surface area contributed by atoms with Gasteiger partial charge in [0.15, 0.2) is 0 Å². The molecule has 7 nitrogen and oxygen atoms in total. The number of hydrogen-bond donors (Lipinski definition) is 2. The van der Waals surface area contributed by atoms with Gasteiger partial charge in [-0.3, -0.25) is 0 Å². The van der Waals surface area contributed by atoms with Crippen molar-refractivity contribution in [2.45, 2.75) is 99.7 Å². The van der Waals surface area contributed by atoms with E-state index in [4.69, 9.17) is 19.8 Å². The Morgan fingerprint density at radius 1 is 0.900 bits per heavy atom. The Balaban J connectivity index is 1.28. The number of hydrogen-bond acceptors (Lipinski definition) is 3. The number of likely N-dealkylation sites (tertiary alicyclic amines) is 1. The molecule has 3 aliphatic heterocycles. The molecule has 5 unspecified atom stereocenters. The second-order valence-electron chi connectivity index (χ2n) is 9.29. The fraction of sp³-hybridized carbons (Fsp3) is 0.909. The summed E-state index contributed by atoms with van der Waals surface area (Å²) in [6, 6.07) is -1.50. The highest BCUT2D eigenvalue weighted by atomic mass is 35.5. The number of halogens is 1. The number of urea groups is 2. The molecule has 2 N–H and O–H groups in total. The normalized spacial score (nSPS) is 42.1. The number of piperidine rings is 1. The number of carbonyl (C=O) groups is 2. The van der Waals surface area contributed by atoms with Crippen molar-refractivity contribution in [3.8, 4) is 0 Å². The van der Waals surface area contributed by atoms with Crippen LogP contribution in [0, 0.1) is 0 Å². The molecule has 168 valence electrons. The molecule has 4 amide bonds. The summed E-state index contributed by atoms with van der Waals surface area (Å²) < 4.78 is 52.2. The van der Waals surface area contributed by atoms with Crippen LogP contribution in [0.5, 0.6) is 0 Å². The molecule has 2 aliphatic carbocycles. The lowest BCUT2D eigenvalue weighted by Crippen LogP contribution is -2.50. The number of rotatable bonds is 5. The first-order chi connectivity index (χ1) is 16.9. The van der Waals surface area contributed by atoms with Gasteiger partial charge >= 0.3 is 12.1 Å². The Bertz CT molecular complexity index is 889. The van der Waals surface area contributed by atoms with Gasteiger partial charge in [-0.05, 0) is 57.8 Å². The molecule has 3 heterocycles. The van der Waals surface area contributed by atoms with E-state index in [1.54, 1.807) is 0 Å². The van der Waals surface area contributed by atoms with E-state index < -0.39 is 31.4 Å². The molecular formula is C22H36ClN5O2. The van der Waals surface area contributed by atoms with E-state index in [-0.39, 0.29) is 48.7 Å². The Kier molecular flexibility index (Phi) is 4.30. The Labute approximate surface area is 193 Å². The number of nitrogens with one attached hydrogen (secondary N) is 2. The SMILES string of the molecule is [2H]C([2H])(N1CCC(N2C(=O)NC3CC(Cl)CCC32)CC1)C([2H])([2H])C([2H])([2H])N1C(=O)NC2CCCCC21. The van der Waals surface area contributed by atoms with Crippen LogP contribution in [0.2, 0.25) is 0 Å². The van der Waals surface area contributed by atoms with Gasteiger partial charge < -0.3 is 25.3 Å². The number of carbonyl (C=O) groups excluding carboxylic acids is 2. The Morgan fingerprint density at radius 3 is 2.50 bits per heavy atom. The van der Waals surface area contributed by atoms with Crippen LogP contribution in [0.15, 0.2) is 0 Å². The molecular weight excluding hydrogens is 402 g/mol. The first-order valence-electron chi connectivity index (χ1n) is 14.4. The van der Waals surface area contributed by atoms with E-state index >= 15 is 0 Å². The lowest BCUT2D eigenvalue weighted by atomic mass is 9.89. The zero-order chi connectivity index (χ0) is 26.0. The van der Waals surface area contributed by atoms with Gasteiger partial charge in [-0.2, -0.15) is 0 Å². The van der Waals surface area contributed by atoms with Crippen molar-refractivity contribution in [2.24, 2.45) is 0 Å². The number of nitrogens with zero attached hydrogens (tertiary/aromatic N) is 3. The summed E-state index contributed by atoms with van der Waals surface area (Å²) in [5.41, 5.74) is 0. The third-order valence-electron chi connectivity index (χ3n) is 7.49. The third kappa shape index (κ3) is 3.99. The monoisotopic (exact) mass is 443 g/mol. The van der Waals surface area contributed by atoms with Gasteiger partial charge in [-0.25, -0.2) is 9.59 Å². The topological polar surface area (TPSA) is 67.9 Å². The summed E-state index contributed by atoms with van der Waals surface area (Å²) in [6.45, 7) is -5.15. The van der Waals surface area contributed by atoms with E-state index in [1.807, 2.05) is 4.90 Å². The molecule has 0 spiro atoms. The smallest absolute Gasteiger partial charge is 0.318 e. The van der Waals surface area contributed by atoms with Gasteiger partial charge in [0.2, 0.25) is 0 Å². The van der Waals surface area contributed by atoms with Crippen LogP contribution in [-0.2, 0) is 0 Å². The minimum Gasteiger partial charge on any atom is -0.333 e. The van der Waals surface area contributed by atoms with E-state index in [0.717, 1.165) is 37.0 Å². The molecule has 5 fully saturated rings. The van der Waals surface area contributed by atoms with E-state index in [1.165, 1.54) is 4.90 Å². The summed E-state index contributed by atoms with van der Waals surface area (Å²) in [7, 11) is 0. The summed E-state index contributed by atoms with van der Waals surface area (Å²) >= 11 is 6.29. The molecule has 0 aromatic rings. The van der Waals surface area contributed by atoms with Crippen molar-refractivity contribution in [1.82, 2.24) is 25.3 Å². The minimum absolute atomic E-state index is 0.0230. The lowest BCUT2D eigenvalue weighted by Gasteiger charge is -2.41. The maximum Gasteiger partial charge on any atom is 0.318 e. The van der Waals surface area contributed by atoms with Crippen LogP contribution in [0.25, 0.3) is 0 Å². The van der Waals surface area contributed by atoms with E-state index in [0.29, 0.717) is 25.7 Å². The predicted octanol–water partition coefficient (Wildman–Crippen LogP) is 2.73. The molecule has 5 rings (SSSR count). The van der Waals surface area contributed by atoms with Crippen molar-refractivity contribution >= 4 is 23.7 Å². The second kappa shape index (κ2) is 8.73. The molecule has 8 heteroatoms. The average molecular weight is 444 g/mol. The van der Waals surface area contributed by atoms with Gasteiger partial charge in [0, 0.05) is 39.2 Å². The molecule has 2 saturated carbocycles. The Morgan fingerprint density at radius 2 is 1.67 bits per heavy atom. The van der Waals surface area contributed by atoms with Crippen molar-refractivity contribution in [3.05, 3.63) is 0 Å². The maximum absolute atomic E-state index is 12.7. The highest BCUT2D eigenvalue weighted by molar-refractivity contribution is 6.20. The lowest BCUT2D eigenvalue weighted by molar-refractivity contribution is 0.0998. The molecule has 5 aliphatic rings. The van der Waals surface area contributed by atoms with Gasteiger partial charge in [0.25, 0.3) is 0 Å². The molecule has 30 heavy (non-hydrogen) atoms. The van der Waals surface area contributed by atoms with Crippen molar-refractivity contribution < 1.29 is 17.8 Å². The highest BCUT2D eigenvalue weighted by Gasteiger charge is 2.46.